The van der Waals surface area contributed by atoms with Gasteiger partial charge >= 0.3 is 7.12 Å². The number of halogens is 2. The van der Waals surface area contributed by atoms with Crippen molar-refractivity contribution in [3.05, 3.63) is 18.0 Å². The maximum Gasteiger partial charge on any atom is 0.497 e. The van der Waals surface area contributed by atoms with E-state index in [-0.39, 0.29) is 11.4 Å². The van der Waals surface area contributed by atoms with Crippen LogP contribution in [0.2, 0.25) is 0 Å². The van der Waals surface area contributed by atoms with Gasteiger partial charge in [0.15, 0.2) is 0 Å². The Kier molecular flexibility index (Phi) is 3.77. The van der Waals surface area contributed by atoms with Gasteiger partial charge in [0, 0.05) is 11.7 Å². The van der Waals surface area contributed by atoms with Crippen molar-refractivity contribution in [3.63, 3.8) is 0 Å². The predicted molar refractivity (Wildman–Crippen MR) is 74.1 cm³/mol. The molecule has 0 amide bonds. The third-order valence-corrected chi connectivity index (χ3v) is 3.96. The van der Waals surface area contributed by atoms with Crippen LogP contribution in [0, 0.1) is 0 Å². The predicted octanol–water partition coefficient (Wildman–Crippen LogP) is 1.77. The maximum atomic E-state index is 12.5. The third kappa shape index (κ3) is 2.65. The van der Waals surface area contributed by atoms with E-state index in [0.29, 0.717) is 5.46 Å². The fourth-order valence-corrected chi connectivity index (χ4v) is 2.02. The van der Waals surface area contributed by atoms with Crippen molar-refractivity contribution in [2.45, 2.75) is 51.7 Å². The zero-order chi connectivity index (χ0) is 15.1. The summed E-state index contributed by atoms with van der Waals surface area (Å²) in [7, 11) is -0.667. The molecule has 20 heavy (non-hydrogen) atoms. The maximum absolute atomic E-state index is 12.5. The number of alkyl halides is 2. The third-order valence-electron chi connectivity index (χ3n) is 3.96. The highest BCUT2D eigenvalue weighted by Gasteiger charge is 2.52. The van der Waals surface area contributed by atoms with E-state index in [1.807, 2.05) is 27.7 Å². The molecule has 0 aliphatic carbocycles. The van der Waals surface area contributed by atoms with Crippen molar-refractivity contribution in [3.8, 4) is 0 Å². The van der Waals surface area contributed by atoms with Gasteiger partial charge in [0.25, 0.3) is 0 Å². The Balaban J connectivity index is 2.31. The number of nitrogens with zero attached hydrogens (tertiary/aromatic N) is 1. The van der Waals surface area contributed by atoms with E-state index in [1.165, 1.54) is 6.20 Å². The molecule has 2 N–H and O–H groups in total. The van der Waals surface area contributed by atoms with Gasteiger partial charge in [0.1, 0.15) is 0 Å². The van der Waals surface area contributed by atoms with Gasteiger partial charge in [-0.15, -0.1) is 0 Å². The van der Waals surface area contributed by atoms with E-state index in [2.05, 4.69) is 4.98 Å². The van der Waals surface area contributed by atoms with Gasteiger partial charge in [0.2, 0.25) is 6.43 Å². The minimum absolute atomic E-state index is 0.173. The highest BCUT2D eigenvalue weighted by atomic mass is 19.3. The largest absolute Gasteiger partial charge is 0.497 e. The molecule has 0 atom stereocenters. The van der Waals surface area contributed by atoms with Crippen LogP contribution in [0.15, 0.2) is 12.3 Å². The normalized spacial score (nSPS) is 20.6. The van der Waals surface area contributed by atoms with Crippen molar-refractivity contribution in [2.24, 2.45) is 0 Å². The smallest absolute Gasteiger partial charge is 0.399 e. The summed E-state index contributed by atoms with van der Waals surface area (Å²) < 4.78 is 36.7. The van der Waals surface area contributed by atoms with Crippen molar-refractivity contribution >= 4 is 18.3 Å². The van der Waals surface area contributed by atoms with Crippen molar-refractivity contribution in [1.29, 1.82) is 0 Å². The van der Waals surface area contributed by atoms with Crippen LogP contribution < -0.4 is 11.2 Å². The lowest BCUT2D eigenvalue weighted by atomic mass is 9.78. The number of aromatic nitrogens is 1. The van der Waals surface area contributed by atoms with E-state index >= 15 is 0 Å². The molecule has 0 bridgehead atoms. The number of nitrogen functional groups attached to an aromatic ring is 1. The minimum Gasteiger partial charge on any atom is -0.399 e. The summed E-state index contributed by atoms with van der Waals surface area (Å²) in [4.78, 5) is 3.91. The molecular formula is C13H19BF2N2O2. The molecule has 1 aromatic heterocycles. The monoisotopic (exact) mass is 284 g/mol. The van der Waals surface area contributed by atoms with Gasteiger partial charge in [0.05, 0.1) is 29.0 Å². The average molecular weight is 284 g/mol. The van der Waals surface area contributed by atoms with Gasteiger partial charge in [-0.2, -0.15) is 0 Å². The molecule has 1 saturated heterocycles. The number of pyridine rings is 1. The Hall–Kier alpha value is -1.21. The molecule has 1 aliphatic rings. The summed E-state index contributed by atoms with van der Waals surface area (Å²) >= 11 is 0. The van der Waals surface area contributed by atoms with E-state index in [0.717, 1.165) is 0 Å². The Morgan fingerprint density at radius 3 is 2.30 bits per heavy atom. The van der Waals surface area contributed by atoms with Gasteiger partial charge in [-0.05, 0) is 33.8 Å². The molecule has 0 radical (unpaired) electrons. The lowest BCUT2D eigenvalue weighted by molar-refractivity contribution is 0.00578. The quantitative estimate of drug-likeness (QED) is 0.859. The van der Waals surface area contributed by atoms with Crippen molar-refractivity contribution in [1.82, 2.24) is 4.98 Å². The molecule has 1 aliphatic heterocycles. The molecular weight excluding hydrogens is 265 g/mol. The summed E-state index contributed by atoms with van der Waals surface area (Å²) in [6, 6.07) is 1.65. The average Bonchev–Trinajstić information content (AvgIpc) is 2.50. The molecule has 1 fully saturated rings. The van der Waals surface area contributed by atoms with Gasteiger partial charge in [-0.25, -0.2) is 8.78 Å². The van der Waals surface area contributed by atoms with Crippen LogP contribution in [0.5, 0.6) is 0 Å². The van der Waals surface area contributed by atoms with Crippen LogP contribution in [0.25, 0.3) is 0 Å². The van der Waals surface area contributed by atoms with Gasteiger partial charge in [-0.1, -0.05) is 0 Å². The second-order valence-corrected chi connectivity index (χ2v) is 5.94. The molecule has 2 rings (SSSR count). The number of hydrogen-bond acceptors (Lipinski definition) is 4. The summed E-state index contributed by atoms with van der Waals surface area (Å²) in [5.41, 5.74) is 5.86. The lowest BCUT2D eigenvalue weighted by Crippen LogP contribution is -2.41. The molecule has 2 heterocycles. The Morgan fingerprint density at radius 1 is 1.25 bits per heavy atom. The molecule has 7 heteroatoms. The van der Waals surface area contributed by atoms with Gasteiger partial charge in [-0.3, -0.25) is 4.98 Å². The summed E-state index contributed by atoms with van der Waals surface area (Å²) in [6.45, 7) is 7.68. The molecule has 110 valence electrons. The highest BCUT2D eigenvalue weighted by molar-refractivity contribution is 6.63. The number of rotatable bonds is 3. The topological polar surface area (TPSA) is 57.4 Å². The number of hydrogen-bond donors (Lipinski definition) is 1. The number of nitrogens with two attached hydrogens (primary N) is 1. The Labute approximate surface area is 117 Å². The van der Waals surface area contributed by atoms with E-state index < -0.39 is 31.2 Å². The molecule has 0 spiro atoms. The van der Waals surface area contributed by atoms with Gasteiger partial charge < -0.3 is 15.0 Å². The standard InChI is InChI=1S/C13H19BF2N2O2/c1-12(2)13(3,4)20-14(19-12)8-5-6-18-9(11(8)17)7-10(15)16/h5-6,10H,7,17H2,1-4H3. The second-order valence-electron chi connectivity index (χ2n) is 5.94. The first-order chi connectivity index (χ1) is 9.14. The van der Waals surface area contributed by atoms with Crippen LogP contribution >= 0.6 is 0 Å². The van der Waals surface area contributed by atoms with E-state index in [4.69, 9.17) is 15.0 Å². The molecule has 0 unspecified atom stereocenters. The first-order valence-electron chi connectivity index (χ1n) is 6.51. The zero-order valence-electron chi connectivity index (χ0n) is 12.1. The number of anilines is 1. The fraction of sp³-hybridized carbons (Fsp3) is 0.615. The van der Waals surface area contributed by atoms with E-state index in [9.17, 15) is 8.78 Å². The Bertz CT molecular complexity index is 493. The minimum atomic E-state index is -2.49. The van der Waals surface area contributed by atoms with Crippen LogP contribution in [-0.4, -0.2) is 29.7 Å². The first kappa shape index (κ1) is 15.2. The zero-order valence-corrected chi connectivity index (χ0v) is 12.1. The van der Waals surface area contributed by atoms with Crippen LogP contribution in [-0.2, 0) is 15.7 Å². The fourth-order valence-electron chi connectivity index (χ4n) is 2.02. The van der Waals surface area contributed by atoms with Crippen molar-refractivity contribution < 1.29 is 18.1 Å². The molecule has 0 saturated carbocycles. The SMILES string of the molecule is CC1(C)OB(c2ccnc(CC(F)F)c2N)OC1(C)C. The first-order valence-corrected chi connectivity index (χ1v) is 6.51. The van der Waals surface area contributed by atoms with Crippen LogP contribution in [0.3, 0.4) is 0 Å². The van der Waals surface area contributed by atoms with Crippen molar-refractivity contribution in [2.75, 3.05) is 5.73 Å². The lowest BCUT2D eigenvalue weighted by Gasteiger charge is -2.32. The van der Waals surface area contributed by atoms with E-state index in [1.54, 1.807) is 6.07 Å². The molecule has 1 aromatic rings. The second kappa shape index (κ2) is 4.97. The van der Waals surface area contributed by atoms with Crippen LogP contribution in [0.1, 0.15) is 33.4 Å². The summed E-state index contributed by atoms with van der Waals surface area (Å²) in [6.07, 6.45) is -1.51. The molecule has 4 nitrogen and oxygen atoms in total. The summed E-state index contributed by atoms with van der Waals surface area (Å²) in [5, 5.41) is 0. The summed E-state index contributed by atoms with van der Waals surface area (Å²) in [5.74, 6) is 0. The highest BCUT2D eigenvalue weighted by Crippen LogP contribution is 2.36. The molecule has 0 aromatic carbocycles. The Morgan fingerprint density at radius 2 is 1.80 bits per heavy atom. The van der Waals surface area contributed by atoms with Crippen LogP contribution in [0.4, 0.5) is 14.5 Å².